The fourth-order valence-electron chi connectivity index (χ4n) is 2.25. The number of anilines is 2. The van der Waals surface area contributed by atoms with Gasteiger partial charge in [0.25, 0.3) is 0 Å². The number of halogens is 2. The van der Waals surface area contributed by atoms with Crippen molar-refractivity contribution in [2.24, 2.45) is 0 Å². The number of benzene rings is 2. The van der Waals surface area contributed by atoms with Crippen LogP contribution in [0.4, 0.5) is 11.4 Å². The summed E-state index contributed by atoms with van der Waals surface area (Å²) < 4.78 is 0. The maximum Gasteiger partial charge on any atom is 0.0501 e. The van der Waals surface area contributed by atoms with Crippen LogP contribution < -0.4 is 10.2 Å². The molecule has 2 rings (SSSR count). The van der Waals surface area contributed by atoms with E-state index in [2.05, 4.69) is 42.3 Å². The molecular weight excluding hydrogens is 303 g/mol. The summed E-state index contributed by atoms with van der Waals surface area (Å²) in [7, 11) is 4.08. The minimum atomic E-state index is 0.0834. The third kappa shape index (κ3) is 3.84. The van der Waals surface area contributed by atoms with Crippen molar-refractivity contribution < 1.29 is 0 Å². The molecule has 0 radical (unpaired) electrons. The third-order valence-electron chi connectivity index (χ3n) is 3.52. The molecule has 0 saturated carbocycles. The van der Waals surface area contributed by atoms with E-state index in [0.29, 0.717) is 5.02 Å². The van der Waals surface area contributed by atoms with Crippen molar-refractivity contribution in [3.63, 3.8) is 0 Å². The molecule has 0 bridgehead atoms. The maximum absolute atomic E-state index is 6.26. The molecule has 0 saturated heterocycles. The van der Waals surface area contributed by atoms with Crippen LogP contribution in [0.25, 0.3) is 0 Å². The summed E-state index contributed by atoms with van der Waals surface area (Å²) in [5, 5.41) is 4.92. The minimum absolute atomic E-state index is 0.0834. The summed E-state index contributed by atoms with van der Waals surface area (Å²) in [6.45, 7) is 4.18. The molecule has 0 heterocycles. The van der Waals surface area contributed by atoms with E-state index in [1.165, 1.54) is 11.3 Å². The average molecular weight is 323 g/mol. The van der Waals surface area contributed by atoms with Gasteiger partial charge in [0, 0.05) is 35.5 Å². The fourth-order valence-corrected chi connectivity index (χ4v) is 2.71. The summed E-state index contributed by atoms with van der Waals surface area (Å²) in [6.07, 6.45) is 0. The number of hydrogen-bond donors (Lipinski definition) is 1. The van der Waals surface area contributed by atoms with Gasteiger partial charge in [-0.3, -0.25) is 0 Å². The van der Waals surface area contributed by atoms with E-state index >= 15 is 0 Å². The first kappa shape index (κ1) is 16.0. The van der Waals surface area contributed by atoms with Crippen LogP contribution in [-0.2, 0) is 0 Å². The molecule has 0 aliphatic rings. The van der Waals surface area contributed by atoms with Gasteiger partial charge in [-0.15, -0.1) is 0 Å². The van der Waals surface area contributed by atoms with Crippen molar-refractivity contribution >= 4 is 34.6 Å². The normalized spacial score (nSPS) is 12.1. The molecule has 2 nitrogen and oxygen atoms in total. The summed E-state index contributed by atoms with van der Waals surface area (Å²) in [5.41, 5.74) is 4.49. The van der Waals surface area contributed by atoms with Crippen LogP contribution in [0.2, 0.25) is 10.0 Å². The topological polar surface area (TPSA) is 15.3 Å². The molecule has 0 spiro atoms. The highest BCUT2D eigenvalue weighted by molar-refractivity contribution is 6.33. The molecular formula is C17H20Cl2N2. The van der Waals surface area contributed by atoms with E-state index in [1.807, 2.05) is 26.2 Å². The molecule has 0 aromatic heterocycles. The quantitative estimate of drug-likeness (QED) is 0.794. The van der Waals surface area contributed by atoms with Gasteiger partial charge in [-0.2, -0.15) is 0 Å². The Bertz CT molecular complexity index is 639. The van der Waals surface area contributed by atoms with Crippen LogP contribution in [0.15, 0.2) is 36.4 Å². The lowest BCUT2D eigenvalue weighted by Gasteiger charge is -2.20. The zero-order valence-corrected chi connectivity index (χ0v) is 14.3. The van der Waals surface area contributed by atoms with Crippen molar-refractivity contribution in [3.05, 3.63) is 57.6 Å². The lowest BCUT2D eigenvalue weighted by molar-refractivity contribution is 0.883. The minimum Gasteiger partial charge on any atom is -0.378 e. The summed E-state index contributed by atoms with van der Waals surface area (Å²) in [6, 6.07) is 12.0. The summed E-state index contributed by atoms with van der Waals surface area (Å²) in [5.74, 6) is 0. The van der Waals surface area contributed by atoms with Crippen molar-refractivity contribution in [1.82, 2.24) is 0 Å². The van der Waals surface area contributed by atoms with E-state index in [-0.39, 0.29) is 6.04 Å². The molecule has 2 aromatic carbocycles. The number of rotatable bonds is 4. The van der Waals surface area contributed by atoms with Crippen LogP contribution >= 0.6 is 23.2 Å². The monoisotopic (exact) mass is 322 g/mol. The number of nitrogens with one attached hydrogen (secondary N) is 1. The van der Waals surface area contributed by atoms with Gasteiger partial charge in [-0.05, 0) is 61.4 Å². The predicted molar refractivity (Wildman–Crippen MR) is 94.0 cm³/mol. The highest BCUT2D eigenvalue weighted by Crippen LogP contribution is 2.30. The molecule has 1 unspecified atom stereocenters. The second-order valence-corrected chi connectivity index (χ2v) is 6.27. The van der Waals surface area contributed by atoms with E-state index in [9.17, 15) is 0 Å². The molecule has 0 aliphatic heterocycles. The first-order chi connectivity index (χ1) is 9.88. The number of aryl methyl sites for hydroxylation is 1. The van der Waals surface area contributed by atoms with Crippen LogP contribution in [0, 0.1) is 6.92 Å². The zero-order valence-electron chi connectivity index (χ0n) is 12.7. The highest BCUT2D eigenvalue weighted by atomic mass is 35.5. The van der Waals surface area contributed by atoms with Crippen LogP contribution in [0.3, 0.4) is 0 Å². The Morgan fingerprint density at radius 3 is 2.38 bits per heavy atom. The molecule has 0 fully saturated rings. The van der Waals surface area contributed by atoms with Crippen molar-refractivity contribution in [1.29, 1.82) is 0 Å². The Morgan fingerprint density at radius 1 is 1.05 bits per heavy atom. The van der Waals surface area contributed by atoms with Crippen molar-refractivity contribution in [2.75, 3.05) is 24.3 Å². The van der Waals surface area contributed by atoms with Crippen molar-refractivity contribution in [3.8, 4) is 0 Å². The SMILES string of the molecule is Cc1cc(N(C)C)ccc1NC(C)c1cc(Cl)ccc1Cl. The smallest absolute Gasteiger partial charge is 0.0501 e. The van der Waals surface area contributed by atoms with Gasteiger partial charge in [0.2, 0.25) is 0 Å². The Kier molecular flexibility index (Phi) is 5.02. The van der Waals surface area contributed by atoms with Crippen molar-refractivity contribution in [2.45, 2.75) is 19.9 Å². The molecule has 1 atom stereocenters. The van der Waals surface area contributed by atoms with Gasteiger partial charge in [-0.25, -0.2) is 0 Å². The molecule has 1 N–H and O–H groups in total. The van der Waals surface area contributed by atoms with E-state index in [1.54, 1.807) is 6.07 Å². The van der Waals surface area contributed by atoms with Gasteiger partial charge in [-0.1, -0.05) is 23.2 Å². The predicted octanol–water partition coefficient (Wildman–Crippen LogP) is 5.54. The van der Waals surface area contributed by atoms with Gasteiger partial charge in [0.05, 0.1) is 6.04 Å². The second-order valence-electron chi connectivity index (χ2n) is 5.43. The van der Waals surface area contributed by atoms with E-state index in [0.717, 1.165) is 16.3 Å². The Hall–Kier alpha value is -1.38. The second kappa shape index (κ2) is 6.59. The zero-order chi connectivity index (χ0) is 15.6. The Balaban J connectivity index is 2.23. The Morgan fingerprint density at radius 2 is 1.76 bits per heavy atom. The van der Waals surface area contributed by atoms with Gasteiger partial charge >= 0.3 is 0 Å². The first-order valence-electron chi connectivity index (χ1n) is 6.88. The third-order valence-corrected chi connectivity index (χ3v) is 4.10. The largest absolute Gasteiger partial charge is 0.378 e. The maximum atomic E-state index is 6.26. The Labute approximate surface area is 136 Å². The molecule has 0 aliphatic carbocycles. The van der Waals surface area contributed by atoms with Gasteiger partial charge < -0.3 is 10.2 Å². The van der Waals surface area contributed by atoms with E-state index in [4.69, 9.17) is 23.2 Å². The van der Waals surface area contributed by atoms with Crippen LogP contribution in [0.1, 0.15) is 24.1 Å². The number of nitrogens with zero attached hydrogens (tertiary/aromatic N) is 1. The fraction of sp³-hybridized carbons (Fsp3) is 0.294. The lowest BCUT2D eigenvalue weighted by Crippen LogP contribution is -2.11. The standard InChI is InChI=1S/C17H20Cl2N2/c1-11-9-14(21(3)4)6-8-17(11)20-12(2)15-10-13(18)5-7-16(15)19/h5-10,12,20H,1-4H3. The first-order valence-corrected chi connectivity index (χ1v) is 7.63. The molecule has 112 valence electrons. The van der Waals surface area contributed by atoms with Gasteiger partial charge in [0.1, 0.15) is 0 Å². The highest BCUT2D eigenvalue weighted by Gasteiger charge is 2.11. The summed E-state index contributed by atoms with van der Waals surface area (Å²) >= 11 is 12.3. The number of hydrogen-bond acceptors (Lipinski definition) is 2. The van der Waals surface area contributed by atoms with Crippen LogP contribution in [-0.4, -0.2) is 14.1 Å². The lowest BCUT2D eigenvalue weighted by atomic mass is 10.1. The molecule has 2 aromatic rings. The molecule has 0 amide bonds. The van der Waals surface area contributed by atoms with Crippen LogP contribution in [0.5, 0.6) is 0 Å². The molecule has 21 heavy (non-hydrogen) atoms. The van der Waals surface area contributed by atoms with E-state index < -0.39 is 0 Å². The summed E-state index contributed by atoms with van der Waals surface area (Å²) in [4.78, 5) is 2.09. The average Bonchev–Trinajstić information content (AvgIpc) is 2.43. The molecule has 4 heteroatoms. The van der Waals surface area contributed by atoms with Gasteiger partial charge in [0.15, 0.2) is 0 Å².